The molecule has 4 aliphatic rings. The van der Waals surface area contributed by atoms with Crippen molar-refractivity contribution in [2.75, 3.05) is 17.1 Å². The number of fused-ring (bicyclic) bond motifs is 4. The number of nitrogens with one attached hydrogen (secondary N) is 1. The Labute approximate surface area is 257 Å². The highest BCUT2D eigenvalue weighted by atomic mass is 32.2. The van der Waals surface area contributed by atoms with Crippen LogP contribution in [-0.4, -0.2) is 64.6 Å². The first-order valence-electron chi connectivity index (χ1n) is 14.5. The van der Waals surface area contributed by atoms with Crippen LogP contribution < -0.4 is 9.46 Å². The number of sulfonamides is 1. The maximum absolute atomic E-state index is 14.3. The smallest absolute Gasteiger partial charge is 0.394 e. The maximum atomic E-state index is 14.3. The average Bonchev–Trinajstić information content (AvgIpc) is 3.86. The van der Waals surface area contributed by atoms with E-state index in [1.165, 1.54) is 24.3 Å². The van der Waals surface area contributed by atoms with E-state index in [2.05, 4.69) is 14.7 Å². The van der Waals surface area contributed by atoms with Crippen LogP contribution in [0.4, 0.5) is 19.1 Å². The topological polar surface area (TPSA) is 101 Å². The minimum absolute atomic E-state index is 0.00149. The molecule has 7 rings (SSSR count). The quantitative estimate of drug-likeness (QED) is 0.340. The van der Waals surface area contributed by atoms with Gasteiger partial charge < -0.3 is 9.64 Å². The molecule has 0 radical (unpaired) electrons. The molecule has 2 aliphatic heterocycles. The summed E-state index contributed by atoms with van der Waals surface area (Å²) < 4.78 is 78.6. The molecule has 1 atom stereocenters. The fraction of sp³-hybridized carbons (Fsp3) is 0.452. The van der Waals surface area contributed by atoms with Crippen molar-refractivity contribution in [2.45, 2.75) is 73.9 Å². The van der Waals surface area contributed by atoms with E-state index in [1.807, 2.05) is 32.0 Å². The molecule has 1 aromatic heterocycles. The van der Waals surface area contributed by atoms with Crippen LogP contribution in [0.5, 0.6) is 5.88 Å². The van der Waals surface area contributed by atoms with Gasteiger partial charge >= 0.3 is 6.18 Å². The van der Waals surface area contributed by atoms with Gasteiger partial charge in [-0.2, -0.15) is 29.9 Å². The molecule has 3 heterocycles. The normalized spacial score (nSPS) is 26.8. The van der Waals surface area contributed by atoms with Crippen molar-refractivity contribution in [1.82, 2.24) is 14.9 Å². The predicted octanol–water partition coefficient (Wildman–Crippen LogP) is 6.15. The van der Waals surface area contributed by atoms with Crippen LogP contribution in [0.2, 0.25) is 0 Å². The Morgan fingerprint density at radius 3 is 2.39 bits per heavy atom. The maximum Gasteiger partial charge on any atom is 0.394 e. The van der Waals surface area contributed by atoms with Crippen molar-refractivity contribution >= 4 is 33.6 Å². The van der Waals surface area contributed by atoms with Gasteiger partial charge in [-0.15, -0.1) is 0 Å². The summed E-state index contributed by atoms with van der Waals surface area (Å²) in [6.45, 7) is 3.56. The number of aryl methyl sites for hydroxylation is 2. The monoisotopic (exact) mass is 644 g/mol. The van der Waals surface area contributed by atoms with Crippen molar-refractivity contribution in [3.63, 3.8) is 0 Å². The van der Waals surface area contributed by atoms with Crippen molar-refractivity contribution < 1.29 is 31.1 Å². The number of anilines is 1. The van der Waals surface area contributed by atoms with Crippen LogP contribution >= 0.6 is 11.8 Å². The number of benzene rings is 2. The zero-order valence-corrected chi connectivity index (χ0v) is 25.8. The zero-order chi connectivity index (χ0) is 31.1. The second kappa shape index (κ2) is 10.1. The Morgan fingerprint density at radius 2 is 1.75 bits per heavy atom. The van der Waals surface area contributed by atoms with E-state index in [1.54, 1.807) is 22.7 Å². The summed E-state index contributed by atoms with van der Waals surface area (Å²) in [5, 5.41) is 0. The summed E-state index contributed by atoms with van der Waals surface area (Å²) in [5.41, 5.74) is 1.13. The first-order chi connectivity index (χ1) is 20.8. The van der Waals surface area contributed by atoms with E-state index in [4.69, 9.17) is 4.74 Å². The molecule has 44 heavy (non-hydrogen) atoms. The fourth-order valence-electron chi connectivity index (χ4n) is 6.60. The number of hydrogen-bond acceptors (Lipinski definition) is 7. The molecule has 232 valence electrons. The average molecular weight is 645 g/mol. The molecule has 4 bridgehead atoms. The number of halogens is 3. The molecule has 3 aromatic rings. The number of alkyl halides is 3. The van der Waals surface area contributed by atoms with Crippen LogP contribution in [0, 0.1) is 19.3 Å². The third-order valence-electron chi connectivity index (χ3n) is 9.35. The molecule has 2 saturated carbocycles. The van der Waals surface area contributed by atoms with Crippen LogP contribution in [-0.2, 0) is 10.0 Å². The Hall–Kier alpha value is -3.32. The molecule has 1 N–H and O–H groups in total. The van der Waals surface area contributed by atoms with Gasteiger partial charge in [0.05, 0.1) is 22.0 Å². The Balaban J connectivity index is 1.36. The molecular weight excluding hydrogens is 613 g/mol. The van der Waals surface area contributed by atoms with Gasteiger partial charge in [-0.25, -0.2) is 18.1 Å². The number of carbonyl (C=O) groups is 1. The molecule has 8 nitrogen and oxygen atoms in total. The number of aromatic nitrogens is 2. The van der Waals surface area contributed by atoms with Gasteiger partial charge in [0.25, 0.3) is 15.9 Å². The van der Waals surface area contributed by atoms with Crippen LogP contribution in [0.1, 0.15) is 53.6 Å². The van der Waals surface area contributed by atoms with Crippen molar-refractivity contribution in [3.05, 3.63) is 65.2 Å². The van der Waals surface area contributed by atoms with E-state index in [-0.39, 0.29) is 58.9 Å². The number of carbonyl (C=O) groups excluding carboxylic acids is 1. The van der Waals surface area contributed by atoms with Gasteiger partial charge in [0.1, 0.15) is 6.61 Å². The summed E-state index contributed by atoms with van der Waals surface area (Å²) in [5.74, 6) is 0.208. The first kappa shape index (κ1) is 29.4. The van der Waals surface area contributed by atoms with Crippen molar-refractivity contribution in [2.24, 2.45) is 5.41 Å². The third kappa shape index (κ3) is 5.21. The van der Waals surface area contributed by atoms with Crippen LogP contribution in [0.3, 0.4) is 0 Å². The number of nitrogens with zero attached hydrogens (tertiary/aromatic N) is 3. The zero-order valence-electron chi connectivity index (χ0n) is 24.1. The highest BCUT2D eigenvalue weighted by Gasteiger charge is 2.65. The Morgan fingerprint density at radius 1 is 1.07 bits per heavy atom. The summed E-state index contributed by atoms with van der Waals surface area (Å²) in [4.78, 5) is 24.4. The standard InChI is InChI=1S/C31H31F3N4O4S2/c1-18-5-3-6-19(2)26(18)24-12-25-36-28(35-24)37-44(40,41)23-8-4-7-20(11-23)27(39)38(21-14-30(15-21)17-43-30)22(16-42-25)13-29(9-10-29)31(32,33)34/h3-8,11-12,21-22H,9-10,13-17H2,1-2H3,(H,35,36,37)/t21?,22-,30?/m1/s1. The highest BCUT2D eigenvalue weighted by molar-refractivity contribution is 8.08. The lowest BCUT2D eigenvalue weighted by molar-refractivity contribution is -0.193. The summed E-state index contributed by atoms with van der Waals surface area (Å²) in [6.07, 6.45) is -3.40. The molecule has 0 unspecified atom stereocenters. The van der Waals surface area contributed by atoms with E-state index >= 15 is 0 Å². The molecular formula is C31H31F3N4O4S2. The lowest BCUT2D eigenvalue weighted by Crippen LogP contribution is -2.57. The SMILES string of the molecule is Cc1cccc(C)c1-c1cc2nc(n1)NS(=O)(=O)c1cccc(c1)C(=O)N(C1CC3(CS3)C1)[C@H](CC1(C(F)(F)F)CC1)CO2. The predicted molar refractivity (Wildman–Crippen MR) is 160 cm³/mol. The minimum atomic E-state index is -4.43. The lowest BCUT2D eigenvalue weighted by Gasteiger charge is -2.47. The van der Waals surface area contributed by atoms with Gasteiger partial charge in [0.2, 0.25) is 11.8 Å². The number of hydrogen-bond donors (Lipinski definition) is 1. The Bertz CT molecular complexity index is 1750. The lowest BCUT2D eigenvalue weighted by atomic mass is 9.79. The molecule has 1 saturated heterocycles. The van der Waals surface area contributed by atoms with Gasteiger partial charge in [-0.05, 0) is 75.3 Å². The van der Waals surface area contributed by atoms with Crippen molar-refractivity contribution in [1.29, 1.82) is 0 Å². The highest BCUT2D eigenvalue weighted by Crippen LogP contribution is 2.63. The minimum Gasteiger partial charge on any atom is -0.475 e. The second-order valence-corrected chi connectivity index (χ2v) is 15.6. The fourth-order valence-corrected chi connectivity index (χ4v) is 8.65. The van der Waals surface area contributed by atoms with Gasteiger partial charge in [-0.3, -0.25) is 4.79 Å². The van der Waals surface area contributed by atoms with Crippen molar-refractivity contribution in [3.8, 4) is 17.1 Å². The number of ether oxygens (including phenoxy) is 1. The third-order valence-corrected chi connectivity index (χ3v) is 12.1. The summed E-state index contributed by atoms with van der Waals surface area (Å²) >= 11 is 1.80. The van der Waals surface area contributed by atoms with E-state index in [9.17, 15) is 26.4 Å². The molecule has 3 fully saturated rings. The summed E-state index contributed by atoms with van der Waals surface area (Å²) in [7, 11) is -4.24. The molecule has 13 heteroatoms. The Kier molecular flexibility index (Phi) is 6.75. The first-order valence-corrected chi connectivity index (χ1v) is 17.0. The molecule has 2 aromatic carbocycles. The molecule has 2 aliphatic carbocycles. The number of rotatable bonds is 4. The van der Waals surface area contributed by atoms with Crippen LogP contribution in [0.25, 0.3) is 11.3 Å². The summed E-state index contributed by atoms with van der Waals surface area (Å²) in [6, 6.07) is 11.6. The molecule has 1 amide bonds. The van der Waals surface area contributed by atoms with E-state index in [0.29, 0.717) is 18.5 Å². The van der Waals surface area contributed by atoms with E-state index in [0.717, 1.165) is 22.4 Å². The van der Waals surface area contributed by atoms with Gasteiger partial charge in [0, 0.05) is 33.7 Å². The van der Waals surface area contributed by atoms with E-state index < -0.39 is 33.6 Å². The molecule has 1 spiro atoms. The van der Waals surface area contributed by atoms with Gasteiger partial charge in [0.15, 0.2) is 0 Å². The second-order valence-electron chi connectivity index (χ2n) is 12.5. The largest absolute Gasteiger partial charge is 0.475 e. The number of amides is 1. The number of thioether (sulfide) groups is 1. The van der Waals surface area contributed by atoms with Crippen LogP contribution in [0.15, 0.2) is 53.4 Å². The van der Waals surface area contributed by atoms with Gasteiger partial charge in [-0.1, -0.05) is 24.3 Å².